The van der Waals surface area contributed by atoms with Gasteiger partial charge in [-0.1, -0.05) is 19.8 Å². The Labute approximate surface area is 113 Å². The Morgan fingerprint density at radius 1 is 1.33 bits per heavy atom. The number of nitrogens with two attached hydrogens (primary N) is 1. The molecule has 0 aromatic heterocycles. The van der Waals surface area contributed by atoms with Crippen LogP contribution < -0.4 is 5.73 Å². The van der Waals surface area contributed by atoms with E-state index in [0.717, 1.165) is 19.1 Å². The lowest BCUT2D eigenvalue weighted by molar-refractivity contribution is 0.0826. The lowest BCUT2D eigenvalue weighted by Gasteiger charge is -2.27. The predicted molar refractivity (Wildman–Crippen MR) is 77.8 cm³/mol. The van der Waals surface area contributed by atoms with Crippen molar-refractivity contribution in [2.24, 2.45) is 11.7 Å². The number of hydrogen-bond donors (Lipinski definition) is 1. The van der Waals surface area contributed by atoms with Crippen LogP contribution in [0.15, 0.2) is 0 Å². The van der Waals surface area contributed by atoms with E-state index in [2.05, 4.69) is 25.8 Å². The first-order chi connectivity index (χ1) is 8.69. The highest BCUT2D eigenvalue weighted by molar-refractivity contribution is 4.80. The molecule has 3 nitrogen and oxygen atoms in total. The Morgan fingerprint density at radius 3 is 2.67 bits per heavy atom. The molecule has 3 unspecified atom stereocenters. The highest BCUT2D eigenvalue weighted by Gasteiger charge is 2.27. The highest BCUT2D eigenvalue weighted by Crippen LogP contribution is 2.21. The summed E-state index contributed by atoms with van der Waals surface area (Å²) >= 11 is 0. The van der Waals surface area contributed by atoms with Crippen molar-refractivity contribution in [3.63, 3.8) is 0 Å². The summed E-state index contributed by atoms with van der Waals surface area (Å²) in [6.07, 6.45) is 8.05. The van der Waals surface area contributed by atoms with Gasteiger partial charge >= 0.3 is 0 Å². The van der Waals surface area contributed by atoms with Crippen molar-refractivity contribution in [2.75, 3.05) is 26.7 Å². The van der Waals surface area contributed by atoms with Gasteiger partial charge in [-0.25, -0.2) is 0 Å². The van der Waals surface area contributed by atoms with E-state index in [1.54, 1.807) is 0 Å². The van der Waals surface area contributed by atoms with E-state index >= 15 is 0 Å². The fraction of sp³-hybridized carbons (Fsp3) is 1.00. The molecular formula is C15H32N2O. The molecule has 0 aromatic rings. The lowest BCUT2D eigenvalue weighted by Crippen LogP contribution is -2.37. The second-order valence-corrected chi connectivity index (χ2v) is 5.79. The Hall–Kier alpha value is -0.120. The number of hydrogen-bond acceptors (Lipinski definition) is 3. The molecule has 1 aliphatic heterocycles. The molecule has 1 fully saturated rings. The minimum absolute atomic E-state index is 0.408. The van der Waals surface area contributed by atoms with E-state index in [1.807, 2.05) is 0 Å². The maximum absolute atomic E-state index is 5.68. The molecule has 0 aromatic carbocycles. The second-order valence-electron chi connectivity index (χ2n) is 5.79. The van der Waals surface area contributed by atoms with E-state index in [1.165, 1.54) is 45.1 Å². The zero-order chi connectivity index (χ0) is 13.4. The van der Waals surface area contributed by atoms with Gasteiger partial charge in [0.25, 0.3) is 0 Å². The highest BCUT2D eigenvalue weighted by atomic mass is 16.5. The van der Waals surface area contributed by atoms with Gasteiger partial charge in [-0.3, -0.25) is 0 Å². The molecule has 1 heterocycles. The van der Waals surface area contributed by atoms with E-state index in [4.69, 9.17) is 10.5 Å². The van der Waals surface area contributed by atoms with Crippen molar-refractivity contribution in [2.45, 2.75) is 64.5 Å². The topological polar surface area (TPSA) is 38.5 Å². The zero-order valence-corrected chi connectivity index (χ0v) is 12.5. The maximum atomic E-state index is 5.68. The molecule has 0 bridgehead atoms. The molecule has 0 saturated carbocycles. The van der Waals surface area contributed by atoms with Crippen LogP contribution in [-0.2, 0) is 4.74 Å². The molecule has 108 valence electrons. The summed E-state index contributed by atoms with van der Waals surface area (Å²) in [6, 6.07) is 0.629. The summed E-state index contributed by atoms with van der Waals surface area (Å²) in [6.45, 7) is 7.44. The quantitative estimate of drug-likeness (QED) is 0.689. The number of likely N-dealkylation sites (N-methyl/N-ethyl adjacent to an activating group) is 1. The standard InChI is InChI=1S/C15H32N2O/c1-4-6-14(8-10-16)7-5-11-17(3)15-9-12-18-13(15)2/h13-15H,4-12,16H2,1-3H3. The van der Waals surface area contributed by atoms with Crippen molar-refractivity contribution in [1.82, 2.24) is 4.90 Å². The molecule has 3 atom stereocenters. The minimum atomic E-state index is 0.408. The van der Waals surface area contributed by atoms with Gasteiger partial charge in [0, 0.05) is 12.6 Å². The van der Waals surface area contributed by atoms with Crippen LogP contribution in [0.3, 0.4) is 0 Å². The average Bonchev–Trinajstić information content (AvgIpc) is 2.76. The van der Waals surface area contributed by atoms with Crippen LogP contribution in [0.25, 0.3) is 0 Å². The smallest absolute Gasteiger partial charge is 0.0702 e. The molecule has 0 aliphatic carbocycles. The van der Waals surface area contributed by atoms with Crippen molar-refractivity contribution in [1.29, 1.82) is 0 Å². The molecule has 1 aliphatic rings. The van der Waals surface area contributed by atoms with Gasteiger partial charge < -0.3 is 15.4 Å². The first-order valence-electron chi connectivity index (χ1n) is 7.71. The Bertz CT molecular complexity index is 205. The van der Waals surface area contributed by atoms with Gasteiger partial charge in [-0.15, -0.1) is 0 Å². The third-order valence-electron chi connectivity index (χ3n) is 4.30. The minimum Gasteiger partial charge on any atom is -0.377 e. The third kappa shape index (κ3) is 5.25. The second kappa shape index (κ2) is 8.89. The molecule has 1 saturated heterocycles. The fourth-order valence-corrected chi connectivity index (χ4v) is 3.17. The van der Waals surface area contributed by atoms with Crippen molar-refractivity contribution in [3.05, 3.63) is 0 Å². The van der Waals surface area contributed by atoms with Crippen LogP contribution in [0, 0.1) is 5.92 Å². The van der Waals surface area contributed by atoms with Gasteiger partial charge in [-0.05, 0) is 58.7 Å². The largest absolute Gasteiger partial charge is 0.377 e. The van der Waals surface area contributed by atoms with Crippen LogP contribution in [-0.4, -0.2) is 43.8 Å². The summed E-state index contributed by atoms with van der Waals surface area (Å²) < 4.78 is 5.63. The monoisotopic (exact) mass is 256 g/mol. The van der Waals surface area contributed by atoms with Gasteiger partial charge in [0.1, 0.15) is 0 Å². The summed E-state index contributed by atoms with van der Waals surface area (Å²) in [5.41, 5.74) is 5.68. The summed E-state index contributed by atoms with van der Waals surface area (Å²) in [4.78, 5) is 2.49. The summed E-state index contributed by atoms with van der Waals surface area (Å²) in [7, 11) is 2.24. The van der Waals surface area contributed by atoms with Crippen LogP contribution >= 0.6 is 0 Å². The maximum Gasteiger partial charge on any atom is 0.0702 e. The zero-order valence-electron chi connectivity index (χ0n) is 12.5. The van der Waals surface area contributed by atoms with E-state index in [0.29, 0.717) is 12.1 Å². The number of rotatable bonds is 9. The number of nitrogens with zero attached hydrogens (tertiary/aromatic N) is 1. The molecule has 1 rings (SSSR count). The average molecular weight is 256 g/mol. The number of ether oxygens (including phenoxy) is 1. The van der Waals surface area contributed by atoms with Crippen LogP contribution in [0.5, 0.6) is 0 Å². The van der Waals surface area contributed by atoms with Gasteiger partial charge in [-0.2, -0.15) is 0 Å². The Morgan fingerprint density at radius 2 is 2.11 bits per heavy atom. The molecule has 2 N–H and O–H groups in total. The third-order valence-corrected chi connectivity index (χ3v) is 4.30. The lowest BCUT2D eigenvalue weighted by atomic mass is 9.94. The summed E-state index contributed by atoms with van der Waals surface area (Å²) in [5.74, 6) is 0.839. The van der Waals surface area contributed by atoms with Crippen LogP contribution in [0.1, 0.15) is 52.4 Å². The van der Waals surface area contributed by atoms with Crippen LogP contribution in [0.2, 0.25) is 0 Å². The van der Waals surface area contributed by atoms with Crippen LogP contribution in [0.4, 0.5) is 0 Å². The molecular weight excluding hydrogens is 224 g/mol. The predicted octanol–water partition coefficient (Wildman–Crippen LogP) is 2.64. The van der Waals surface area contributed by atoms with Crippen molar-refractivity contribution < 1.29 is 4.74 Å². The SMILES string of the molecule is CCCC(CCN)CCCN(C)C1CCOC1C. The van der Waals surface area contributed by atoms with Gasteiger partial charge in [0.15, 0.2) is 0 Å². The van der Waals surface area contributed by atoms with E-state index in [9.17, 15) is 0 Å². The first-order valence-corrected chi connectivity index (χ1v) is 7.71. The fourth-order valence-electron chi connectivity index (χ4n) is 3.17. The van der Waals surface area contributed by atoms with Gasteiger partial charge in [0.2, 0.25) is 0 Å². The summed E-state index contributed by atoms with van der Waals surface area (Å²) in [5, 5.41) is 0. The molecule has 3 heteroatoms. The molecule has 18 heavy (non-hydrogen) atoms. The van der Waals surface area contributed by atoms with Crippen molar-refractivity contribution >= 4 is 0 Å². The van der Waals surface area contributed by atoms with Crippen molar-refractivity contribution in [3.8, 4) is 0 Å². The molecule has 0 spiro atoms. The first kappa shape index (κ1) is 15.9. The van der Waals surface area contributed by atoms with E-state index < -0.39 is 0 Å². The Kier molecular flexibility index (Phi) is 7.87. The molecule has 0 amide bonds. The van der Waals surface area contributed by atoms with E-state index in [-0.39, 0.29) is 0 Å². The Balaban J connectivity index is 2.18. The van der Waals surface area contributed by atoms with Gasteiger partial charge in [0.05, 0.1) is 6.10 Å². The normalized spacial score (nSPS) is 25.8. The molecule has 0 radical (unpaired) electrons.